The molecule has 37 heavy (non-hydrogen) atoms. The van der Waals surface area contributed by atoms with Gasteiger partial charge in [-0.3, -0.25) is 0 Å². The number of aromatic nitrogens is 3. The lowest BCUT2D eigenvalue weighted by Gasteiger charge is -2.26. The molecule has 4 aromatic rings. The Labute approximate surface area is 219 Å². The van der Waals surface area contributed by atoms with Gasteiger partial charge in [-0.1, -0.05) is 29.0 Å². The molecule has 0 radical (unpaired) electrons. The number of hydrogen-bond acceptors (Lipinski definition) is 8. The number of ether oxygens (including phenoxy) is 1. The van der Waals surface area contributed by atoms with Crippen LogP contribution in [-0.2, 0) is 4.74 Å². The van der Waals surface area contributed by atoms with Crippen LogP contribution >= 0.6 is 22.9 Å². The van der Waals surface area contributed by atoms with Gasteiger partial charge in [0.1, 0.15) is 17.3 Å². The smallest absolute Gasteiger partial charge is 0.323 e. The first-order valence-corrected chi connectivity index (χ1v) is 12.3. The summed E-state index contributed by atoms with van der Waals surface area (Å²) in [6.45, 7) is 2.52. The molecule has 0 unspecified atom stereocenters. The molecule has 3 heterocycles. The summed E-state index contributed by atoms with van der Waals surface area (Å²) < 4.78 is 34.2. The van der Waals surface area contributed by atoms with E-state index in [0.29, 0.717) is 48.1 Å². The minimum absolute atomic E-state index is 0.0944. The van der Waals surface area contributed by atoms with E-state index in [1.807, 2.05) is 0 Å². The van der Waals surface area contributed by atoms with E-state index in [2.05, 4.69) is 25.5 Å². The predicted octanol–water partition coefficient (Wildman–Crippen LogP) is 5.26. The molecule has 0 bridgehead atoms. The van der Waals surface area contributed by atoms with E-state index in [1.54, 1.807) is 12.1 Å². The zero-order chi connectivity index (χ0) is 25.9. The molecule has 0 atom stereocenters. The highest BCUT2D eigenvalue weighted by molar-refractivity contribution is 7.19. The Hall–Kier alpha value is -3.87. The van der Waals surface area contributed by atoms with Crippen LogP contribution in [-0.4, -0.2) is 47.3 Å². The fraction of sp³-hybridized carbons (Fsp3) is 0.167. The number of nitrogens with two attached hydrogens (primary N) is 1. The minimum atomic E-state index is -0.820. The van der Waals surface area contributed by atoms with Crippen LogP contribution in [0.15, 0.2) is 48.7 Å². The van der Waals surface area contributed by atoms with E-state index in [0.717, 1.165) is 11.2 Å². The zero-order valence-electron chi connectivity index (χ0n) is 19.2. The Morgan fingerprint density at radius 1 is 1.03 bits per heavy atom. The molecule has 1 aliphatic rings. The van der Waals surface area contributed by atoms with Gasteiger partial charge in [0, 0.05) is 24.3 Å². The van der Waals surface area contributed by atoms with Crippen LogP contribution in [0.4, 0.5) is 36.0 Å². The van der Waals surface area contributed by atoms with Crippen LogP contribution in [0.5, 0.6) is 0 Å². The average molecular weight is 544 g/mol. The first-order chi connectivity index (χ1) is 17.9. The predicted molar refractivity (Wildman–Crippen MR) is 140 cm³/mol. The molecular formula is C24H20ClF2N7O2S. The number of amides is 2. The summed E-state index contributed by atoms with van der Waals surface area (Å²) in [7, 11) is 0. The molecular weight excluding hydrogens is 524 g/mol. The monoisotopic (exact) mass is 543 g/mol. The first kappa shape index (κ1) is 24.8. The molecule has 1 saturated heterocycles. The van der Waals surface area contributed by atoms with Gasteiger partial charge in [-0.05, 0) is 42.0 Å². The third-order valence-corrected chi connectivity index (χ3v) is 6.87. The Kier molecular flexibility index (Phi) is 7.12. The molecule has 9 nitrogen and oxygen atoms in total. The van der Waals surface area contributed by atoms with Crippen molar-refractivity contribution < 1.29 is 18.3 Å². The Morgan fingerprint density at radius 2 is 1.81 bits per heavy atom. The van der Waals surface area contributed by atoms with Crippen LogP contribution in [0.3, 0.4) is 0 Å². The molecule has 0 saturated carbocycles. The van der Waals surface area contributed by atoms with Crippen molar-refractivity contribution in [2.24, 2.45) is 0 Å². The Balaban J connectivity index is 1.48. The average Bonchev–Trinajstić information content (AvgIpc) is 3.33. The van der Waals surface area contributed by atoms with Gasteiger partial charge < -0.3 is 26.0 Å². The number of rotatable bonds is 5. The fourth-order valence-corrected chi connectivity index (χ4v) is 4.98. The number of thiazole rings is 1. The van der Waals surface area contributed by atoms with E-state index in [-0.39, 0.29) is 22.3 Å². The summed E-state index contributed by atoms with van der Waals surface area (Å²) in [4.78, 5) is 28.4. The summed E-state index contributed by atoms with van der Waals surface area (Å²) in [6, 6.07) is 8.98. The first-order valence-electron chi connectivity index (χ1n) is 11.1. The molecule has 1 aliphatic heterocycles. The van der Waals surface area contributed by atoms with Gasteiger partial charge in [-0.2, -0.15) is 0 Å². The van der Waals surface area contributed by atoms with Crippen molar-refractivity contribution in [2.75, 3.05) is 47.6 Å². The van der Waals surface area contributed by atoms with Crippen LogP contribution in [0.2, 0.25) is 5.02 Å². The van der Waals surface area contributed by atoms with Gasteiger partial charge in [-0.15, -0.1) is 0 Å². The normalized spacial score (nSPS) is 13.4. The number of nitrogens with one attached hydrogen (secondary N) is 2. The van der Waals surface area contributed by atoms with Crippen molar-refractivity contribution in [3.8, 4) is 21.8 Å². The number of halogens is 3. The van der Waals surface area contributed by atoms with E-state index in [4.69, 9.17) is 27.1 Å². The van der Waals surface area contributed by atoms with Crippen molar-refractivity contribution >= 4 is 51.4 Å². The molecule has 190 valence electrons. The molecule has 1 fully saturated rings. The van der Waals surface area contributed by atoms with E-state index < -0.39 is 17.7 Å². The van der Waals surface area contributed by atoms with E-state index in [1.165, 1.54) is 41.8 Å². The lowest BCUT2D eigenvalue weighted by molar-refractivity contribution is 0.122. The summed E-state index contributed by atoms with van der Waals surface area (Å²) in [5.41, 5.74) is 7.26. The van der Waals surface area contributed by atoms with Gasteiger partial charge in [0.05, 0.1) is 35.2 Å². The molecule has 13 heteroatoms. The van der Waals surface area contributed by atoms with Gasteiger partial charge >= 0.3 is 6.03 Å². The Morgan fingerprint density at radius 3 is 2.57 bits per heavy atom. The molecule has 4 N–H and O–H groups in total. The van der Waals surface area contributed by atoms with Gasteiger partial charge in [-0.25, -0.2) is 28.5 Å². The minimum Gasteiger partial charge on any atom is -0.378 e. The van der Waals surface area contributed by atoms with Crippen molar-refractivity contribution in [1.29, 1.82) is 0 Å². The highest BCUT2D eigenvalue weighted by Gasteiger charge is 2.22. The van der Waals surface area contributed by atoms with Crippen LogP contribution < -0.4 is 21.3 Å². The van der Waals surface area contributed by atoms with Crippen molar-refractivity contribution in [3.63, 3.8) is 0 Å². The molecule has 2 aromatic heterocycles. The van der Waals surface area contributed by atoms with Crippen molar-refractivity contribution in [1.82, 2.24) is 15.0 Å². The molecule has 0 spiro atoms. The SMILES string of the molecule is Nc1nccc(-c2nc(N3CCOCC3)sc2-c2ccc(F)c(NC(=O)Nc3ccc(Cl)cc3F)c2)n1. The van der Waals surface area contributed by atoms with E-state index in [9.17, 15) is 13.6 Å². The second kappa shape index (κ2) is 10.6. The van der Waals surface area contributed by atoms with E-state index >= 15 is 0 Å². The summed E-state index contributed by atoms with van der Waals surface area (Å²) in [5, 5.41) is 5.72. The van der Waals surface area contributed by atoms with Crippen molar-refractivity contribution in [2.45, 2.75) is 0 Å². The second-order valence-electron chi connectivity index (χ2n) is 7.97. The topological polar surface area (TPSA) is 118 Å². The molecule has 0 aliphatic carbocycles. The number of nitrogens with zero attached hydrogens (tertiary/aromatic N) is 4. The van der Waals surface area contributed by atoms with Gasteiger partial charge in [0.2, 0.25) is 5.95 Å². The number of benzene rings is 2. The standard InChI is InChI=1S/C24H20ClF2N7O2S/c25-14-2-4-17(16(27)12-14)31-23(35)32-19-11-13(1-3-15(19)26)21-20(18-5-6-29-22(28)30-18)33-24(37-21)34-7-9-36-10-8-34/h1-6,11-12H,7-10H2,(H2,28,29,30)(H2,31,32,35). The zero-order valence-corrected chi connectivity index (χ0v) is 20.7. The number of urea groups is 1. The number of morpholine rings is 1. The number of anilines is 4. The summed E-state index contributed by atoms with van der Waals surface area (Å²) in [6.07, 6.45) is 1.53. The second-order valence-corrected chi connectivity index (χ2v) is 9.39. The number of nitrogen functional groups attached to an aromatic ring is 1. The highest BCUT2D eigenvalue weighted by atomic mass is 35.5. The molecule has 2 aromatic carbocycles. The largest absolute Gasteiger partial charge is 0.378 e. The third-order valence-electron chi connectivity index (χ3n) is 5.47. The lowest BCUT2D eigenvalue weighted by atomic mass is 10.1. The number of hydrogen-bond donors (Lipinski definition) is 3. The maximum atomic E-state index is 14.7. The fourth-order valence-electron chi connectivity index (χ4n) is 3.70. The molecule has 5 rings (SSSR count). The maximum Gasteiger partial charge on any atom is 0.323 e. The Bertz CT molecular complexity index is 1460. The third kappa shape index (κ3) is 5.61. The highest BCUT2D eigenvalue weighted by Crippen LogP contribution is 2.41. The summed E-state index contributed by atoms with van der Waals surface area (Å²) in [5.74, 6) is -1.29. The number of carbonyl (C=O) groups is 1. The molecule has 2 amide bonds. The van der Waals surface area contributed by atoms with Gasteiger partial charge in [0.25, 0.3) is 0 Å². The van der Waals surface area contributed by atoms with Crippen LogP contribution in [0.1, 0.15) is 0 Å². The van der Waals surface area contributed by atoms with Gasteiger partial charge in [0.15, 0.2) is 5.13 Å². The van der Waals surface area contributed by atoms with Crippen LogP contribution in [0.25, 0.3) is 21.8 Å². The van der Waals surface area contributed by atoms with Crippen molar-refractivity contribution in [3.05, 3.63) is 65.3 Å². The lowest BCUT2D eigenvalue weighted by Crippen LogP contribution is -2.36. The summed E-state index contributed by atoms with van der Waals surface area (Å²) >= 11 is 7.15. The maximum absolute atomic E-state index is 14.7. The van der Waals surface area contributed by atoms with Crippen LogP contribution in [0, 0.1) is 11.6 Å². The quantitative estimate of drug-likeness (QED) is 0.314. The number of carbonyl (C=O) groups excluding carboxylic acids is 1.